The minimum absolute atomic E-state index is 0.213. The molecule has 7 heteroatoms. The zero-order valence-electron chi connectivity index (χ0n) is 12.9. The lowest BCUT2D eigenvalue weighted by Gasteiger charge is -2.23. The average Bonchev–Trinajstić information content (AvgIpc) is 2.77. The van der Waals surface area contributed by atoms with Crippen LogP contribution in [0.2, 0.25) is 0 Å². The number of carbonyl (C=O) groups excluding carboxylic acids is 3. The molecular formula is C14H23NO5S. The molecule has 0 aromatic carbocycles. The number of esters is 1. The molecule has 1 fully saturated rings. The van der Waals surface area contributed by atoms with Gasteiger partial charge in [0.05, 0.1) is 7.11 Å². The summed E-state index contributed by atoms with van der Waals surface area (Å²) in [6.45, 7) is 5.25. The van der Waals surface area contributed by atoms with E-state index in [1.807, 2.05) is 0 Å². The highest BCUT2D eigenvalue weighted by Gasteiger charge is 2.28. The Morgan fingerprint density at radius 1 is 1.43 bits per heavy atom. The van der Waals surface area contributed by atoms with Crippen LogP contribution < -0.4 is 5.32 Å². The Bertz CT molecular complexity index is 405. The van der Waals surface area contributed by atoms with Gasteiger partial charge in [-0.1, -0.05) is 0 Å². The Labute approximate surface area is 129 Å². The lowest BCUT2D eigenvalue weighted by Crippen LogP contribution is -2.45. The first-order valence-corrected chi connectivity index (χ1v) is 7.97. The van der Waals surface area contributed by atoms with Gasteiger partial charge >= 0.3 is 12.1 Å². The fraction of sp³-hybridized carbons (Fsp3) is 0.786. The first kappa shape index (κ1) is 17.8. The fourth-order valence-corrected chi connectivity index (χ4v) is 3.19. The number of hydrogen-bond acceptors (Lipinski definition) is 6. The number of Topliss-reactive ketones (excluding diaryl/α,β-unsaturated/α-hetero) is 1. The number of rotatable bonds is 5. The number of ketones is 1. The summed E-state index contributed by atoms with van der Waals surface area (Å²) >= 11 is 1.51. The van der Waals surface area contributed by atoms with Crippen molar-refractivity contribution >= 4 is 29.6 Å². The minimum atomic E-state index is -0.773. The Kier molecular flexibility index (Phi) is 6.51. The van der Waals surface area contributed by atoms with E-state index in [0.717, 1.165) is 6.42 Å². The molecule has 2 atom stereocenters. The van der Waals surface area contributed by atoms with Crippen LogP contribution in [0.5, 0.6) is 0 Å². The Morgan fingerprint density at radius 2 is 2.10 bits per heavy atom. The molecule has 0 spiro atoms. The van der Waals surface area contributed by atoms with Gasteiger partial charge in [0.2, 0.25) is 0 Å². The van der Waals surface area contributed by atoms with E-state index in [-0.39, 0.29) is 11.0 Å². The number of thioether (sulfide) groups is 1. The van der Waals surface area contributed by atoms with Crippen LogP contribution in [0.3, 0.4) is 0 Å². The van der Waals surface area contributed by atoms with Gasteiger partial charge in [0.1, 0.15) is 17.4 Å². The zero-order valence-corrected chi connectivity index (χ0v) is 13.7. The Balaban J connectivity index is 2.49. The molecule has 0 heterocycles. The lowest BCUT2D eigenvalue weighted by atomic mass is 10.2. The molecule has 0 radical (unpaired) electrons. The SMILES string of the molecule is COC(=O)C(CS[C@@H]1CCC(=O)C1)NC(=O)OC(C)(C)C. The van der Waals surface area contributed by atoms with Crippen LogP contribution in [-0.2, 0) is 19.1 Å². The highest BCUT2D eigenvalue weighted by atomic mass is 32.2. The van der Waals surface area contributed by atoms with E-state index in [1.165, 1.54) is 18.9 Å². The molecule has 0 aliphatic heterocycles. The van der Waals surface area contributed by atoms with Crippen LogP contribution in [0.25, 0.3) is 0 Å². The molecule has 1 rings (SSSR count). The molecule has 0 bridgehead atoms. The zero-order chi connectivity index (χ0) is 16.0. The van der Waals surface area contributed by atoms with Crippen molar-refractivity contribution in [2.24, 2.45) is 0 Å². The summed E-state index contributed by atoms with van der Waals surface area (Å²) < 4.78 is 9.82. The average molecular weight is 317 g/mol. The second-order valence-electron chi connectivity index (χ2n) is 5.96. The molecule has 21 heavy (non-hydrogen) atoms. The van der Waals surface area contributed by atoms with Crippen LogP contribution in [0.4, 0.5) is 4.79 Å². The number of hydrogen-bond donors (Lipinski definition) is 1. The van der Waals surface area contributed by atoms with E-state index >= 15 is 0 Å². The fourth-order valence-electron chi connectivity index (χ4n) is 1.92. The summed E-state index contributed by atoms with van der Waals surface area (Å²) in [5, 5.41) is 2.73. The summed E-state index contributed by atoms with van der Waals surface area (Å²) in [4.78, 5) is 34.7. The first-order chi connectivity index (χ1) is 9.71. The summed E-state index contributed by atoms with van der Waals surface area (Å²) in [6.07, 6.45) is 1.30. The molecule has 120 valence electrons. The van der Waals surface area contributed by atoms with Crippen LogP contribution in [-0.4, -0.2) is 47.6 Å². The van der Waals surface area contributed by atoms with Crippen LogP contribution in [0.1, 0.15) is 40.0 Å². The van der Waals surface area contributed by atoms with E-state index < -0.39 is 23.7 Å². The Hall–Kier alpha value is -1.24. The van der Waals surface area contributed by atoms with Crippen LogP contribution in [0, 0.1) is 0 Å². The number of alkyl carbamates (subject to hydrolysis) is 1. The third-order valence-electron chi connectivity index (χ3n) is 2.88. The highest BCUT2D eigenvalue weighted by molar-refractivity contribution is 8.00. The standard InChI is InChI=1S/C14H23NO5S/c1-14(2,3)20-13(18)15-11(12(17)19-4)8-21-10-6-5-9(16)7-10/h10-11H,5-8H2,1-4H3,(H,15,18)/t10-,11?/m1/s1. The van der Waals surface area contributed by atoms with Gasteiger partial charge in [-0.05, 0) is 27.2 Å². The monoisotopic (exact) mass is 317 g/mol. The smallest absolute Gasteiger partial charge is 0.408 e. The van der Waals surface area contributed by atoms with Gasteiger partial charge in [0, 0.05) is 23.8 Å². The highest BCUT2D eigenvalue weighted by Crippen LogP contribution is 2.27. The molecule has 1 amide bonds. The maximum absolute atomic E-state index is 11.7. The van der Waals surface area contributed by atoms with Gasteiger partial charge in [-0.3, -0.25) is 4.79 Å². The molecule has 1 aliphatic carbocycles. The van der Waals surface area contributed by atoms with Gasteiger partial charge < -0.3 is 14.8 Å². The number of methoxy groups -OCH3 is 1. The molecule has 0 aromatic heterocycles. The second kappa shape index (κ2) is 7.68. The predicted octanol–water partition coefficient (Wildman–Crippen LogP) is 1.91. The maximum atomic E-state index is 11.7. The minimum Gasteiger partial charge on any atom is -0.467 e. The molecule has 1 N–H and O–H groups in total. The van der Waals surface area contributed by atoms with Crippen molar-refractivity contribution < 1.29 is 23.9 Å². The van der Waals surface area contributed by atoms with Crippen molar-refractivity contribution in [2.75, 3.05) is 12.9 Å². The quantitative estimate of drug-likeness (QED) is 0.780. The van der Waals surface area contributed by atoms with E-state index in [2.05, 4.69) is 5.32 Å². The third kappa shape index (κ3) is 6.84. The van der Waals surface area contributed by atoms with Crippen molar-refractivity contribution in [1.29, 1.82) is 0 Å². The maximum Gasteiger partial charge on any atom is 0.408 e. The Morgan fingerprint density at radius 3 is 2.57 bits per heavy atom. The number of ether oxygens (including phenoxy) is 2. The normalized spacial score (nSPS) is 20.0. The van der Waals surface area contributed by atoms with E-state index in [1.54, 1.807) is 20.8 Å². The van der Waals surface area contributed by atoms with Gasteiger partial charge in [-0.2, -0.15) is 11.8 Å². The first-order valence-electron chi connectivity index (χ1n) is 6.92. The van der Waals surface area contributed by atoms with Crippen molar-refractivity contribution in [3.05, 3.63) is 0 Å². The predicted molar refractivity (Wildman–Crippen MR) is 80.3 cm³/mol. The largest absolute Gasteiger partial charge is 0.467 e. The summed E-state index contributed by atoms with van der Waals surface area (Å²) in [7, 11) is 1.27. The van der Waals surface area contributed by atoms with E-state index in [9.17, 15) is 14.4 Å². The van der Waals surface area contributed by atoms with Crippen molar-refractivity contribution in [3.63, 3.8) is 0 Å². The molecule has 0 aromatic rings. The lowest BCUT2D eigenvalue weighted by molar-refractivity contribution is -0.142. The molecule has 1 saturated carbocycles. The third-order valence-corrected chi connectivity index (χ3v) is 4.28. The second-order valence-corrected chi connectivity index (χ2v) is 7.29. The van der Waals surface area contributed by atoms with Crippen LogP contribution >= 0.6 is 11.8 Å². The molecule has 1 unspecified atom stereocenters. The van der Waals surface area contributed by atoms with Crippen molar-refractivity contribution in [1.82, 2.24) is 5.32 Å². The summed E-state index contributed by atoms with van der Waals surface area (Å²) in [6, 6.07) is -0.773. The van der Waals surface area contributed by atoms with Gasteiger partial charge in [-0.25, -0.2) is 9.59 Å². The number of amides is 1. The molecular weight excluding hydrogens is 294 g/mol. The van der Waals surface area contributed by atoms with Gasteiger partial charge in [0.25, 0.3) is 0 Å². The number of nitrogens with one attached hydrogen (secondary N) is 1. The number of carbonyl (C=O) groups is 3. The summed E-state index contributed by atoms with van der Waals surface area (Å²) in [5.74, 6) is 0.101. The topological polar surface area (TPSA) is 81.7 Å². The molecule has 1 aliphatic rings. The van der Waals surface area contributed by atoms with Crippen molar-refractivity contribution in [2.45, 2.75) is 56.9 Å². The van der Waals surface area contributed by atoms with Crippen LogP contribution in [0.15, 0.2) is 0 Å². The summed E-state index contributed by atoms with van der Waals surface area (Å²) in [5.41, 5.74) is -0.629. The molecule has 0 saturated heterocycles. The molecule has 6 nitrogen and oxygen atoms in total. The van der Waals surface area contributed by atoms with E-state index in [0.29, 0.717) is 18.6 Å². The van der Waals surface area contributed by atoms with Crippen molar-refractivity contribution in [3.8, 4) is 0 Å². The van der Waals surface area contributed by atoms with E-state index in [4.69, 9.17) is 9.47 Å². The van der Waals surface area contributed by atoms with Gasteiger partial charge in [0.15, 0.2) is 0 Å². The van der Waals surface area contributed by atoms with Gasteiger partial charge in [-0.15, -0.1) is 0 Å².